The van der Waals surface area contributed by atoms with Gasteiger partial charge in [-0.1, -0.05) is 65.7 Å². The summed E-state index contributed by atoms with van der Waals surface area (Å²) in [5, 5.41) is 2.86. The van der Waals surface area contributed by atoms with Gasteiger partial charge >= 0.3 is 0 Å². The molecule has 38 heavy (non-hydrogen) atoms. The molecule has 0 bridgehead atoms. The minimum Gasteiger partial charge on any atom is -0.352 e. The molecule has 0 saturated carbocycles. The van der Waals surface area contributed by atoms with Crippen molar-refractivity contribution in [3.8, 4) is 0 Å². The maximum atomic E-state index is 13.9. The Kier molecular flexibility index (Phi) is 9.33. The van der Waals surface area contributed by atoms with E-state index in [1.165, 1.54) is 4.90 Å². The summed E-state index contributed by atoms with van der Waals surface area (Å²) < 4.78 is 29.0. The Morgan fingerprint density at radius 2 is 1.45 bits per heavy atom. The predicted octanol–water partition coefficient (Wildman–Crippen LogP) is 4.75. The van der Waals surface area contributed by atoms with Gasteiger partial charge in [-0.3, -0.25) is 13.9 Å². The quantitative estimate of drug-likeness (QED) is 0.406. The third-order valence-electron chi connectivity index (χ3n) is 6.30. The molecule has 0 aromatic heterocycles. The van der Waals surface area contributed by atoms with E-state index in [0.717, 1.165) is 26.6 Å². The Morgan fingerprint density at radius 1 is 0.842 bits per heavy atom. The van der Waals surface area contributed by atoms with Crippen LogP contribution in [-0.2, 0) is 26.2 Å². The van der Waals surface area contributed by atoms with Crippen LogP contribution < -0.4 is 9.62 Å². The van der Waals surface area contributed by atoms with Crippen LogP contribution in [0.15, 0.2) is 77.7 Å². The van der Waals surface area contributed by atoms with Crippen molar-refractivity contribution >= 4 is 27.5 Å². The van der Waals surface area contributed by atoms with Gasteiger partial charge in [0, 0.05) is 12.6 Å². The van der Waals surface area contributed by atoms with Crippen molar-refractivity contribution < 1.29 is 18.0 Å². The number of sulfonamides is 1. The fourth-order valence-corrected chi connectivity index (χ4v) is 5.68. The first-order valence-electron chi connectivity index (χ1n) is 12.7. The Bertz CT molecular complexity index is 1370. The SMILES string of the molecule is Cc1ccc(S(=O)(=O)N(CC(=O)N(Cc2ccccc2)[C@@H](C)C(=O)NC(C)C)c2ccc(C)cc2C)cc1. The standard InChI is InChI=1S/C30H37N3O4S/c1-21(2)31-30(35)25(6)32(19-26-10-8-7-9-11-26)29(34)20-33(28-17-14-23(4)18-24(28)5)38(36,37)27-15-12-22(3)13-16-27/h7-18,21,25H,19-20H2,1-6H3,(H,31,35)/t25-/m0/s1. The highest BCUT2D eigenvalue weighted by molar-refractivity contribution is 7.92. The molecule has 3 rings (SSSR count). The van der Waals surface area contributed by atoms with Crippen molar-refractivity contribution in [3.05, 3.63) is 95.1 Å². The lowest BCUT2D eigenvalue weighted by Gasteiger charge is -2.32. The molecule has 7 nitrogen and oxygen atoms in total. The molecule has 1 N–H and O–H groups in total. The molecule has 0 heterocycles. The van der Waals surface area contributed by atoms with Crippen molar-refractivity contribution in [2.24, 2.45) is 0 Å². The highest BCUT2D eigenvalue weighted by atomic mass is 32.2. The average Bonchev–Trinajstić information content (AvgIpc) is 2.86. The number of aryl methyl sites for hydroxylation is 3. The monoisotopic (exact) mass is 535 g/mol. The van der Waals surface area contributed by atoms with Crippen molar-refractivity contribution in [1.29, 1.82) is 0 Å². The smallest absolute Gasteiger partial charge is 0.264 e. The second kappa shape index (κ2) is 12.3. The fourth-order valence-electron chi connectivity index (χ4n) is 4.20. The summed E-state index contributed by atoms with van der Waals surface area (Å²) in [7, 11) is -4.09. The summed E-state index contributed by atoms with van der Waals surface area (Å²) in [6, 6.07) is 20.4. The zero-order chi connectivity index (χ0) is 28.0. The van der Waals surface area contributed by atoms with Crippen LogP contribution >= 0.6 is 0 Å². The van der Waals surface area contributed by atoms with Gasteiger partial charge < -0.3 is 10.2 Å². The van der Waals surface area contributed by atoms with Crippen molar-refractivity contribution in [2.45, 2.75) is 65.1 Å². The van der Waals surface area contributed by atoms with Gasteiger partial charge in [-0.25, -0.2) is 8.42 Å². The van der Waals surface area contributed by atoms with Crippen LogP contribution in [0.25, 0.3) is 0 Å². The normalized spacial score (nSPS) is 12.2. The molecule has 0 saturated heterocycles. The maximum Gasteiger partial charge on any atom is 0.264 e. The van der Waals surface area contributed by atoms with E-state index >= 15 is 0 Å². The van der Waals surface area contributed by atoms with E-state index in [9.17, 15) is 18.0 Å². The molecule has 0 radical (unpaired) electrons. The minimum atomic E-state index is -4.09. The van der Waals surface area contributed by atoms with E-state index in [2.05, 4.69) is 5.32 Å². The Morgan fingerprint density at radius 3 is 2.03 bits per heavy atom. The van der Waals surface area contributed by atoms with Crippen LogP contribution in [0.5, 0.6) is 0 Å². The van der Waals surface area contributed by atoms with E-state index in [-0.39, 0.29) is 23.4 Å². The van der Waals surface area contributed by atoms with Crippen LogP contribution in [-0.4, -0.2) is 43.8 Å². The van der Waals surface area contributed by atoms with E-state index in [0.29, 0.717) is 5.69 Å². The number of anilines is 1. The molecular formula is C30H37N3O4S. The number of rotatable bonds is 10. The molecule has 0 aliphatic carbocycles. The number of carbonyl (C=O) groups excluding carboxylic acids is 2. The van der Waals surface area contributed by atoms with Crippen molar-refractivity contribution in [2.75, 3.05) is 10.8 Å². The van der Waals surface area contributed by atoms with Crippen LogP contribution in [0.3, 0.4) is 0 Å². The summed E-state index contributed by atoms with van der Waals surface area (Å²) in [5.74, 6) is -0.778. The Hall–Kier alpha value is -3.65. The molecule has 202 valence electrons. The Balaban J connectivity index is 2.05. The van der Waals surface area contributed by atoms with Gasteiger partial charge in [-0.15, -0.1) is 0 Å². The summed E-state index contributed by atoms with van der Waals surface area (Å²) in [5.41, 5.74) is 3.90. The van der Waals surface area contributed by atoms with Gasteiger partial charge in [0.15, 0.2) is 0 Å². The molecule has 2 amide bonds. The Labute approximate surface area is 226 Å². The molecule has 3 aromatic rings. The molecule has 0 unspecified atom stereocenters. The molecule has 0 aliphatic heterocycles. The number of nitrogens with one attached hydrogen (secondary N) is 1. The van der Waals surface area contributed by atoms with E-state index < -0.39 is 28.5 Å². The first kappa shape index (κ1) is 28.9. The number of hydrogen-bond acceptors (Lipinski definition) is 4. The lowest BCUT2D eigenvalue weighted by atomic mass is 10.1. The van der Waals surface area contributed by atoms with Crippen LogP contribution in [0.2, 0.25) is 0 Å². The zero-order valence-corrected chi connectivity index (χ0v) is 23.7. The van der Waals surface area contributed by atoms with Crippen molar-refractivity contribution in [1.82, 2.24) is 10.2 Å². The summed E-state index contributed by atoms with van der Waals surface area (Å²) in [6.45, 7) is 10.7. The summed E-state index contributed by atoms with van der Waals surface area (Å²) in [6.07, 6.45) is 0. The number of amides is 2. The highest BCUT2D eigenvalue weighted by Gasteiger charge is 2.33. The van der Waals surface area contributed by atoms with E-state index in [1.54, 1.807) is 37.3 Å². The first-order valence-corrected chi connectivity index (χ1v) is 14.1. The highest BCUT2D eigenvalue weighted by Crippen LogP contribution is 2.28. The van der Waals surface area contributed by atoms with Crippen LogP contribution in [0.1, 0.15) is 43.0 Å². The lowest BCUT2D eigenvalue weighted by molar-refractivity contribution is -0.139. The van der Waals surface area contributed by atoms with Gasteiger partial charge in [-0.2, -0.15) is 0 Å². The largest absolute Gasteiger partial charge is 0.352 e. The van der Waals surface area contributed by atoms with Gasteiger partial charge in [0.1, 0.15) is 12.6 Å². The molecule has 8 heteroatoms. The molecule has 3 aromatic carbocycles. The average molecular weight is 536 g/mol. The molecular weight excluding hydrogens is 498 g/mol. The number of hydrogen-bond donors (Lipinski definition) is 1. The number of nitrogens with zero attached hydrogens (tertiary/aromatic N) is 2. The van der Waals surface area contributed by atoms with Gasteiger partial charge in [0.05, 0.1) is 10.6 Å². The second-order valence-corrected chi connectivity index (χ2v) is 11.8. The molecule has 0 fully saturated rings. The van der Waals surface area contributed by atoms with Gasteiger partial charge in [0.25, 0.3) is 10.0 Å². The topological polar surface area (TPSA) is 86.8 Å². The first-order chi connectivity index (χ1) is 17.9. The lowest BCUT2D eigenvalue weighted by Crippen LogP contribution is -2.52. The fraction of sp³-hybridized carbons (Fsp3) is 0.333. The van der Waals surface area contributed by atoms with Crippen molar-refractivity contribution in [3.63, 3.8) is 0 Å². The van der Waals surface area contributed by atoms with Gasteiger partial charge in [-0.05, 0) is 70.9 Å². The summed E-state index contributed by atoms with van der Waals surface area (Å²) in [4.78, 5) is 28.4. The van der Waals surface area contributed by atoms with Crippen LogP contribution in [0.4, 0.5) is 5.69 Å². The minimum absolute atomic E-state index is 0.0936. The summed E-state index contributed by atoms with van der Waals surface area (Å²) >= 11 is 0. The predicted molar refractivity (Wildman–Crippen MR) is 151 cm³/mol. The second-order valence-electron chi connectivity index (χ2n) is 9.96. The molecule has 1 atom stereocenters. The molecule has 0 spiro atoms. The number of benzene rings is 3. The third kappa shape index (κ3) is 7.01. The van der Waals surface area contributed by atoms with Crippen LogP contribution in [0, 0.1) is 20.8 Å². The zero-order valence-electron chi connectivity index (χ0n) is 22.9. The van der Waals surface area contributed by atoms with E-state index in [1.807, 2.05) is 77.1 Å². The van der Waals surface area contributed by atoms with Gasteiger partial charge in [0.2, 0.25) is 11.8 Å². The van der Waals surface area contributed by atoms with E-state index in [4.69, 9.17) is 0 Å². The maximum absolute atomic E-state index is 13.9. The molecule has 0 aliphatic rings. The third-order valence-corrected chi connectivity index (χ3v) is 8.08. The number of carbonyl (C=O) groups is 2.